The number of halogens is 2. The molecular formula is C9H10F2N2. The van der Waals surface area contributed by atoms with E-state index in [-0.39, 0.29) is 5.82 Å². The Balaban J connectivity index is 3.08. The minimum absolute atomic E-state index is 0.0273. The van der Waals surface area contributed by atoms with Crippen LogP contribution in [0, 0.1) is 5.95 Å². The second-order valence-corrected chi connectivity index (χ2v) is 2.84. The fourth-order valence-electron chi connectivity index (χ4n) is 0.933. The van der Waals surface area contributed by atoms with Gasteiger partial charge in [-0.15, -0.1) is 0 Å². The first kappa shape index (κ1) is 9.64. The first-order valence-electron chi connectivity index (χ1n) is 3.72. The number of allylic oxidation sites excluding steroid dienone is 2. The highest BCUT2D eigenvalue weighted by Gasteiger charge is 2.09. The lowest BCUT2D eigenvalue weighted by Gasteiger charge is -1.96. The van der Waals surface area contributed by atoms with Crippen molar-refractivity contribution in [3.8, 4) is 0 Å². The van der Waals surface area contributed by atoms with Crippen molar-refractivity contribution in [2.75, 3.05) is 0 Å². The molecule has 0 saturated carbocycles. The maximum absolute atomic E-state index is 13.2. The minimum Gasteiger partial charge on any atom is -0.329 e. The van der Waals surface area contributed by atoms with Crippen LogP contribution in [0.1, 0.15) is 12.7 Å². The standard InChI is InChI=1S/C9H10F2N2/c1-6(2)4-7(10)9-12-8(11)5-13(9)3/h4-5H,1H2,2-3H3/b7-4+. The lowest BCUT2D eigenvalue weighted by Crippen LogP contribution is -1.93. The van der Waals surface area contributed by atoms with Gasteiger partial charge >= 0.3 is 0 Å². The van der Waals surface area contributed by atoms with Crippen LogP contribution in [-0.2, 0) is 7.05 Å². The van der Waals surface area contributed by atoms with Crippen molar-refractivity contribution < 1.29 is 8.78 Å². The summed E-state index contributed by atoms with van der Waals surface area (Å²) in [7, 11) is 1.53. The number of rotatable bonds is 2. The van der Waals surface area contributed by atoms with E-state index >= 15 is 0 Å². The van der Waals surface area contributed by atoms with Crippen LogP contribution in [0.15, 0.2) is 24.4 Å². The molecule has 2 nitrogen and oxygen atoms in total. The van der Waals surface area contributed by atoms with Crippen molar-refractivity contribution in [1.82, 2.24) is 9.55 Å². The van der Waals surface area contributed by atoms with Gasteiger partial charge in [-0.05, 0) is 13.0 Å². The number of hydrogen-bond donors (Lipinski definition) is 0. The van der Waals surface area contributed by atoms with Gasteiger partial charge < -0.3 is 4.57 Å². The normalized spacial score (nSPS) is 11.8. The average Bonchev–Trinajstić information content (AvgIpc) is 2.28. The topological polar surface area (TPSA) is 17.8 Å². The Hall–Kier alpha value is -1.45. The van der Waals surface area contributed by atoms with Crippen molar-refractivity contribution in [1.29, 1.82) is 0 Å². The maximum atomic E-state index is 13.2. The Morgan fingerprint density at radius 1 is 1.69 bits per heavy atom. The molecule has 0 fully saturated rings. The third-order valence-corrected chi connectivity index (χ3v) is 1.43. The molecular weight excluding hydrogens is 174 g/mol. The van der Waals surface area contributed by atoms with Gasteiger partial charge in [0.15, 0.2) is 11.7 Å². The molecule has 0 spiro atoms. The van der Waals surface area contributed by atoms with Gasteiger partial charge in [-0.1, -0.05) is 12.2 Å². The number of imidazole rings is 1. The Morgan fingerprint density at radius 2 is 2.31 bits per heavy atom. The van der Waals surface area contributed by atoms with Gasteiger partial charge in [-0.2, -0.15) is 9.37 Å². The predicted molar refractivity (Wildman–Crippen MR) is 47.1 cm³/mol. The minimum atomic E-state index is -0.692. The summed E-state index contributed by atoms with van der Waals surface area (Å²) >= 11 is 0. The fraction of sp³-hybridized carbons (Fsp3) is 0.222. The Kier molecular flexibility index (Phi) is 2.60. The highest BCUT2D eigenvalue weighted by Crippen LogP contribution is 2.15. The summed E-state index contributed by atoms with van der Waals surface area (Å²) in [5.41, 5.74) is 0.556. The van der Waals surface area contributed by atoms with Crippen LogP contribution in [0.3, 0.4) is 0 Å². The van der Waals surface area contributed by atoms with Crippen LogP contribution >= 0.6 is 0 Å². The molecule has 0 amide bonds. The highest BCUT2D eigenvalue weighted by atomic mass is 19.1. The zero-order chi connectivity index (χ0) is 10.0. The quantitative estimate of drug-likeness (QED) is 0.645. The van der Waals surface area contributed by atoms with Crippen molar-refractivity contribution in [2.45, 2.75) is 6.92 Å². The summed E-state index contributed by atoms with van der Waals surface area (Å²) in [4.78, 5) is 3.38. The number of aromatic nitrogens is 2. The zero-order valence-electron chi connectivity index (χ0n) is 7.51. The molecule has 0 unspecified atom stereocenters. The summed E-state index contributed by atoms with van der Waals surface area (Å²) in [5, 5.41) is 0. The van der Waals surface area contributed by atoms with E-state index in [2.05, 4.69) is 11.6 Å². The van der Waals surface area contributed by atoms with Crippen LogP contribution in [0.5, 0.6) is 0 Å². The zero-order valence-corrected chi connectivity index (χ0v) is 7.51. The van der Waals surface area contributed by atoms with Crippen LogP contribution in [0.25, 0.3) is 5.83 Å². The Bertz CT molecular complexity index is 364. The van der Waals surface area contributed by atoms with Gasteiger partial charge in [-0.3, -0.25) is 0 Å². The maximum Gasteiger partial charge on any atom is 0.231 e. The molecule has 0 atom stereocenters. The van der Waals surface area contributed by atoms with Gasteiger partial charge in [0.25, 0.3) is 0 Å². The van der Waals surface area contributed by atoms with E-state index < -0.39 is 11.8 Å². The second-order valence-electron chi connectivity index (χ2n) is 2.84. The second kappa shape index (κ2) is 3.51. The van der Waals surface area contributed by atoms with Crippen molar-refractivity contribution >= 4 is 5.83 Å². The fourth-order valence-corrected chi connectivity index (χ4v) is 0.933. The summed E-state index contributed by atoms with van der Waals surface area (Å²) in [6.07, 6.45) is 2.32. The van der Waals surface area contributed by atoms with Gasteiger partial charge in [-0.25, -0.2) is 4.39 Å². The van der Waals surface area contributed by atoms with Crippen LogP contribution in [-0.4, -0.2) is 9.55 Å². The monoisotopic (exact) mass is 184 g/mol. The van der Waals surface area contributed by atoms with E-state index in [1.165, 1.54) is 17.7 Å². The Morgan fingerprint density at radius 3 is 2.69 bits per heavy atom. The number of nitrogens with zero attached hydrogens (tertiary/aromatic N) is 2. The highest BCUT2D eigenvalue weighted by molar-refractivity contribution is 5.55. The molecule has 1 aromatic heterocycles. The van der Waals surface area contributed by atoms with Crippen LogP contribution in [0.4, 0.5) is 8.78 Å². The molecule has 0 aliphatic heterocycles. The van der Waals surface area contributed by atoms with Crippen molar-refractivity contribution in [2.24, 2.45) is 7.05 Å². The lowest BCUT2D eigenvalue weighted by atomic mass is 10.3. The van der Waals surface area contributed by atoms with E-state index in [1.807, 2.05) is 0 Å². The largest absolute Gasteiger partial charge is 0.329 e. The van der Waals surface area contributed by atoms with Crippen LogP contribution in [0.2, 0.25) is 0 Å². The average molecular weight is 184 g/mol. The first-order valence-corrected chi connectivity index (χ1v) is 3.72. The third kappa shape index (κ3) is 2.24. The van der Waals surface area contributed by atoms with E-state index in [4.69, 9.17) is 0 Å². The molecule has 0 aromatic carbocycles. The summed E-state index contributed by atoms with van der Waals surface area (Å²) < 4.78 is 27.0. The van der Waals surface area contributed by atoms with E-state index in [0.29, 0.717) is 5.57 Å². The van der Waals surface area contributed by atoms with Gasteiger partial charge in [0.2, 0.25) is 5.95 Å². The van der Waals surface area contributed by atoms with Crippen molar-refractivity contribution in [3.05, 3.63) is 36.2 Å². The molecule has 0 radical (unpaired) electrons. The summed E-state index contributed by atoms with van der Waals surface area (Å²) in [6.45, 7) is 5.16. The summed E-state index contributed by atoms with van der Waals surface area (Å²) in [5.74, 6) is -1.30. The molecule has 13 heavy (non-hydrogen) atoms. The molecule has 0 aliphatic carbocycles. The molecule has 1 aromatic rings. The lowest BCUT2D eigenvalue weighted by molar-refractivity contribution is 0.587. The summed E-state index contributed by atoms with van der Waals surface area (Å²) in [6, 6.07) is 0. The van der Waals surface area contributed by atoms with Gasteiger partial charge in [0, 0.05) is 7.05 Å². The first-order chi connectivity index (χ1) is 6.00. The SMILES string of the molecule is C=C(C)/C=C(/F)c1nc(F)cn1C. The van der Waals surface area contributed by atoms with E-state index in [0.717, 1.165) is 6.20 Å². The molecule has 0 saturated heterocycles. The molecule has 1 rings (SSSR count). The third-order valence-electron chi connectivity index (χ3n) is 1.43. The number of hydrogen-bond acceptors (Lipinski definition) is 1. The van der Waals surface area contributed by atoms with E-state index in [9.17, 15) is 8.78 Å². The molecule has 0 N–H and O–H groups in total. The Labute approximate surface area is 75.2 Å². The molecule has 70 valence electrons. The molecule has 4 heteroatoms. The number of aryl methyl sites for hydroxylation is 1. The van der Waals surface area contributed by atoms with Gasteiger partial charge in [0.05, 0.1) is 6.20 Å². The predicted octanol–water partition coefficient (Wildman–Crippen LogP) is 2.45. The van der Waals surface area contributed by atoms with Crippen LogP contribution < -0.4 is 0 Å². The van der Waals surface area contributed by atoms with Crippen molar-refractivity contribution in [3.63, 3.8) is 0 Å². The van der Waals surface area contributed by atoms with E-state index in [1.54, 1.807) is 6.92 Å². The molecule has 0 bridgehead atoms. The smallest absolute Gasteiger partial charge is 0.231 e. The molecule has 1 heterocycles. The van der Waals surface area contributed by atoms with Gasteiger partial charge in [0.1, 0.15) is 0 Å². The molecule has 0 aliphatic rings.